The Hall–Kier alpha value is -2.62. The number of amides is 2. The molecule has 0 aliphatic carbocycles. The molecular formula is C24H28N2O2. The Bertz CT molecular complexity index is 864. The van der Waals surface area contributed by atoms with Crippen LogP contribution in [0.15, 0.2) is 54.6 Å². The fourth-order valence-corrected chi connectivity index (χ4v) is 4.59. The van der Waals surface area contributed by atoms with Crippen LogP contribution in [0.4, 0.5) is 0 Å². The molecule has 2 aromatic rings. The molecule has 28 heavy (non-hydrogen) atoms. The van der Waals surface area contributed by atoms with Crippen LogP contribution in [0.5, 0.6) is 0 Å². The van der Waals surface area contributed by atoms with E-state index >= 15 is 0 Å². The van der Waals surface area contributed by atoms with Crippen molar-refractivity contribution in [2.75, 3.05) is 26.2 Å². The van der Waals surface area contributed by atoms with Crippen LogP contribution in [0.3, 0.4) is 0 Å². The quantitative estimate of drug-likeness (QED) is 0.804. The number of aryl methyl sites for hydroxylation is 1. The summed E-state index contributed by atoms with van der Waals surface area (Å²) < 4.78 is 0. The lowest BCUT2D eigenvalue weighted by Gasteiger charge is -2.24. The molecule has 1 spiro atoms. The van der Waals surface area contributed by atoms with E-state index in [2.05, 4.69) is 18.2 Å². The summed E-state index contributed by atoms with van der Waals surface area (Å²) in [5.41, 5.74) is 3.13. The number of likely N-dealkylation sites (tertiary alicyclic amines) is 2. The molecule has 0 aromatic heterocycles. The van der Waals surface area contributed by atoms with Gasteiger partial charge in [0.25, 0.3) is 0 Å². The number of carbonyl (C=O) groups is 2. The van der Waals surface area contributed by atoms with E-state index in [9.17, 15) is 9.59 Å². The van der Waals surface area contributed by atoms with Crippen molar-refractivity contribution in [1.29, 1.82) is 0 Å². The van der Waals surface area contributed by atoms with E-state index in [0.717, 1.165) is 37.9 Å². The zero-order valence-electron chi connectivity index (χ0n) is 16.6. The Kier molecular flexibility index (Phi) is 5.21. The molecule has 0 saturated carbocycles. The summed E-state index contributed by atoms with van der Waals surface area (Å²) in [7, 11) is 0. The average molecular weight is 377 g/mol. The largest absolute Gasteiger partial charge is 0.342 e. The fourth-order valence-electron chi connectivity index (χ4n) is 4.59. The Labute approximate surface area is 167 Å². The smallest absolute Gasteiger partial charge is 0.230 e. The predicted molar refractivity (Wildman–Crippen MR) is 110 cm³/mol. The van der Waals surface area contributed by atoms with Gasteiger partial charge >= 0.3 is 0 Å². The lowest BCUT2D eigenvalue weighted by molar-refractivity contribution is -0.136. The van der Waals surface area contributed by atoms with Crippen LogP contribution in [0.25, 0.3) is 0 Å². The van der Waals surface area contributed by atoms with Gasteiger partial charge in [-0.2, -0.15) is 0 Å². The van der Waals surface area contributed by atoms with E-state index in [-0.39, 0.29) is 17.2 Å². The Morgan fingerprint density at radius 1 is 1.00 bits per heavy atom. The van der Waals surface area contributed by atoms with Crippen molar-refractivity contribution in [3.05, 3.63) is 71.3 Å². The molecule has 4 nitrogen and oxygen atoms in total. The van der Waals surface area contributed by atoms with Crippen molar-refractivity contribution in [3.8, 4) is 0 Å². The third-order valence-corrected chi connectivity index (χ3v) is 6.26. The molecule has 0 radical (unpaired) electrons. The summed E-state index contributed by atoms with van der Waals surface area (Å²) >= 11 is 0. The highest BCUT2D eigenvalue weighted by molar-refractivity contribution is 5.87. The maximum Gasteiger partial charge on any atom is 0.230 e. The zero-order valence-corrected chi connectivity index (χ0v) is 16.6. The first kappa shape index (κ1) is 18.7. The minimum absolute atomic E-state index is 0.137. The third-order valence-electron chi connectivity index (χ3n) is 6.26. The molecule has 0 N–H and O–H groups in total. The van der Waals surface area contributed by atoms with Gasteiger partial charge in [-0.25, -0.2) is 0 Å². The second kappa shape index (κ2) is 7.78. The van der Waals surface area contributed by atoms with Gasteiger partial charge in [0, 0.05) is 26.2 Å². The van der Waals surface area contributed by atoms with Crippen LogP contribution in [-0.2, 0) is 22.4 Å². The molecule has 2 fully saturated rings. The fraction of sp³-hybridized carbons (Fsp3) is 0.417. The second-order valence-electron chi connectivity index (χ2n) is 8.29. The van der Waals surface area contributed by atoms with Crippen molar-refractivity contribution in [2.24, 2.45) is 5.41 Å². The summed E-state index contributed by atoms with van der Waals surface area (Å²) in [5, 5.41) is 0. The van der Waals surface area contributed by atoms with E-state index in [1.807, 2.05) is 53.1 Å². The summed E-state index contributed by atoms with van der Waals surface area (Å²) in [5.74, 6) is 0.382. The van der Waals surface area contributed by atoms with Gasteiger partial charge in [-0.15, -0.1) is 0 Å². The highest BCUT2D eigenvalue weighted by Crippen LogP contribution is 2.40. The van der Waals surface area contributed by atoms with Crippen molar-refractivity contribution in [2.45, 2.75) is 32.6 Å². The molecule has 146 valence electrons. The minimum Gasteiger partial charge on any atom is -0.342 e. The van der Waals surface area contributed by atoms with Crippen molar-refractivity contribution in [3.63, 3.8) is 0 Å². The summed E-state index contributed by atoms with van der Waals surface area (Å²) in [4.78, 5) is 29.8. The van der Waals surface area contributed by atoms with Crippen LogP contribution >= 0.6 is 0 Å². The topological polar surface area (TPSA) is 40.6 Å². The van der Waals surface area contributed by atoms with E-state index in [1.165, 1.54) is 11.1 Å². The minimum atomic E-state index is -0.348. The maximum atomic E-state index is 13.1. The Balaban J connectivity index is 1.35. The summed E-state index contributed by atoms with van der Waals surface area (Å²) in [6.45, 7) is 4.90. The molecule has 0 bridgehead atoms. The van der Waals surface area contributed by atoms with Gasteiger partial charge in [-0.05, 0) is 37.3 Å². The molecular weight excluding hydrogens is 348 g/mol. The van der Waals surface area contributed by atoms with E-state index in [0.29, 0.717) is 19.5 Å². The normalized spacial score (nSPS) is 21.7. The molecule has 2 aliphatic rings. The first-order valence-corrected chi connectivity index (χ1v) is 10.2. The number of nitrogens with zero attached hydrogens (tertiary/aromatic N) is 2. The first-order chi connectivity index (χ1) is 13.6. The van der Waals surface area contributed by atoms with Crippen molar-refractivity contribution < 1.29 is 9.59 Å². The Morgan fingerprint density at radius 2 is 1.75 bits per heavy atom. The Morgan fingerprint density at radius 3 is 2.54 bits per heavy atom. The van der Waals surface area contributed by atoms with Gasteiger partial charge < -0.3 is 9.80 Å². The van der Waals surface area contributed by atoms with Crippen LogP contribution in [-0.4, -0.2) is 47.8 Å². The van der Waals surface area contributed by atoms with Crippen LogP contribution in [0.1, 0.15) is 29.5 Å². The SMILES string of the molecule is Cc1cccc(CC(=O)N2CCC3(CCN(CCc4ccccc4)C3=O)C2)c1. The van der Waals surface area contributed by atoms with Crippen molar-refractivity contribution in [1.82, 2.24) is 9.80 Å². The number of benzene rings is 2. The van der Waals surface area contributed by atoms with E-state index in [4.69, 9.17) is 0 Å². The van der Waals surface area contributed by atoms with Gasteiger partial charge in [0.2, 0.25) is 11.8 Å². The molecule has 1 unspecified atom stereocenters. The maximum absolute atomic E-state index is 13.1. The monoisotopic (exact) mass is 376 g/mol. The van der Waals surface area contributed by atoms with Crippen LogP contribution < -0.4 is 0 Å². The third kappa shape index (κ3) is 3.82. The van der Waals surface area contributed by atoms with E-state index in [1.54, 1.807) is 0 Å². The van der Waals surface area contributed by atoms with Gasteiger partial charge in [0.15, 0.2) is 0 Å². The summed E-state index contributed by atoms with van der Waals surface area (Å²) in [6.07, 6.45) is 2.98. The van der Waals surface area contributed by atoms with Gasteiger partial charge in [0.1, 0.15) is 0 Å². The molecule has 1 atom stereocenters. The lowest BCUT2D eigenvalue weighted by atomic mass is 9.85. The highest BCUT2D eigenvalue weighted by Gasteiger charge is 2.51. The molecule has 4 heteroatoms. The first-order valence-electron chi connectivity index (χ1n) is 10.2. The second-order valence-corrected chi connectivity index (χ2v) is 8.29. The number of carbonyl (C=O) groups excluding carboxylic acids is 2. The van der Waals surface area contributed by atoms with Crippen molar-refractivity contribution >= 4 is 11.8 Å². The van der Waals surface area contributed by atoms with E-state index < -0.39 is 0 Å². The summed E-state index contributed by atoms with van der Waals surface area (Å²) in [6, 6.07) is 18.4. The number of hydrogen-bond donors (Lipinski definition) is 0. The molecule has 4 rings (SSSR count). The lowest BCUT2D eigenvalue weighted by Crippen LogP contribution is -2.39. The predicted octanol–water partition coefficient (Wildman–Crippen LogP) is 3.23. The van der Waals surface area contributed by atoms with Gasteiger partial charge in [-0.3, -0.25) is 9.59 Å². The number of hydrogen-bond acceptors (Lipinski definition) is 2. The number of rotatable bonds is 5. The molecule has 2 aromatic carbocycles. The molecule has 2 aliphatic heterocycles. The molecule has 2 heterocycles. The van der Waals surface area contributed by atoms with Gasteiger partial charge in [-0.1, -0.05) is 60.2 Å². The highest BCUT2D eigenvalue weighted by atomic mass is 16.2. The van der Waals surface area contributed by atoms with Crippen LogP contribution in [0, 0.1) is 12.3 Å². The standard InChI is InChI=1S/C24H28N2O2/c1-19-6-5-9-21(16-19)17-22(27)26-15-12-24(18-26)11-14-25(23(24)28)13-10-20-7-3-2-4-8-20/h2-9,16H,10-15,17-18H2,1H3. The zero-order chi connectivity index (χ0) is 19.6. The van der Waals surface area contributed by atoms with Gasteiger partial charge in [0.05, 0.1) is 11.8 Å². The molecule has 2 saturated heterocycles. The average Bonchev–Trinajstić information content (AvgIpc) is 3.26. The molecule has 2 amide bonds. The van der Waals surface area contributed by atoms with Crippen LogP contribution in [0.2, 0.25) is 0 Å².